The van der Waals surface area contributed by atoms with Crippen molar-refractivity contribution in [2.24, 2.45) is 5.73 Å². The number of benzene rings is 1. The lowest BCUT2D eigenvalue weighted by Crippen LogP contribution is -2.43. The number of thiol groups is 1. The SMILES string of the molecule is Cc1ccc(S)cc1C(=O)N1CCCC1C(N)=O. The largest absolute Gasteiger partial charge is 0.368 e. The molecule has 1 saturated heterocycles. The maximum atomic E-state index is 12.4. The first-order valence-corrected chi connectivity index (χ1v) is 6.35. The Morgan fingerprint density at radius 2 is 2.17 bits per heavy atom. The molecular weight excluding hydrogens is 248 g/mol. The highest BCUT2D eigenvalue weighted by molar-refractivity contribution is 7.80. The van der Waals surface area contributed by atoms with Crippen molar-refractivity contribution in [1.82, 2.24) is 4.90 Å². The van der Waals surface area contributed by atoms with Gasteiger partial charge in [-0.15, -0.1) is 12.6 Å². The van der Waals surface area contributed by atoms with Crippen molar-refractivity contribution in [3.05, 3.63) is 29.3 Å². The summed E-state index contributed by atoms with van der Waals surface area (Å²) in [5.74, 6) is -0.565. The van der Waals surface area contributed by atoms with Crippen LogP contribution in [0.25, 0.3) is 0 Å². The summed E-state index contributed by atoms with van der Waals surface area (Å²) in [5, 5.41) is 0. The predicted molar refractivity (Wildman–Crippen MR) is 71.7 cm³/mol. The van der Waals surface area contributed by atoms with E-state index in [4.69, 9.17) is 5.73 Å². The average Bonchev–Trinajstić information content (AvgIpc) is 2.80. The van der Waals surface area contributed by atoms with Gasteiger partial charge < -0.3 is 10.6 Å². The fourth-order valence-electron chi connectivity index (χ4n) is 2.30. The molecule has 18 heavy (non-hydrogen) atoms. The Balaban J connectivity index is 2.31. The minimum Gasteiger partial charge on any atom is -0.368 e. The summed E-state index contributed by atoms with van der Waals surface area (Å²) in [6.07, 6.45) is 1.47. The number of hydrogen-bond acceptors (Lipinski definition) is 3. The van der Waals surface area contributed by atoms with Gasteiger partial charge in [0.25, 0.3) is 5.91 Å². The highest BCUT2D eigenvalue weighted by Crippen LogP contribution is 2.22. The molecule has 2 N–H and O–H groups in total. The van der Waals surface area contributed by atoms with Gasteiger partial charge in [-0.2, -0.15) is 0 Å². The topological polar surface area (TPSA) is 63.4 Å². The molecule has 1 aliphatic heterocycles. The van der Waals surface area contributed by atoms with Crippen LogP contribution in [0.1, 0.15) is 28.8 Å². The lowest BCUT2D eigenvalue weighted by Gasteiger charge is -2.23. The van der Waals surface area contributed by atoms with Crippen molar-refractivity contribution in [2.45, 2.75) is 30.7 Å². The van der Waals surface area contributed by atoms with Crippen molar-refractivity contribution in [2.75, 3.05) is 6.54 Å². The number of carbonyl (C=O) groups is 2. The van der Waals surface area contributed by atoms with Crippen LogP contribution in [-0.4, -0.2) is 29.3 Å². The van der Waals surface area contributed by atoms with Crippen molar-refractivity contribution in [1.29, 1.82) is 0 Å². The summed E-state index contributed by atoms with van der Waals surface area (Å²) in [5.41, 5.74) is 6.80. The number of nitrogens with zero attached hydrogens (tertiary/aromatic N) is 1. The highest BCUT2D eigenvalue weighted by Gasteiger charge is 2.33. The predicted octanol–water partition coefficient (Wildman–Crippen LogP) is 1.37. The van der Waals surface area contributed by atoms with Crippen LogP contribution in [0.4, 0.5) is 0 Å². The Bertz CT molecular complexity index is 502. The summed E-state index contributed by atoms with van der Waals surface area (Å²) in [6, 6.07) is 4.95. The van der Waals surface area contributed by atoms with Crippen LogP contribution in [0.5, 0.6) is 0 Å². The van der Waals surface area contributed by atoms with Crippen LogP contribution in [0.15, 0.2) is 23.1 Å². The van der Waals surface area contributed by atoms with Gasteiger partial charge in [0.15, 0.2) is 0 Å². The summed E-state index contributed by atoms with van der Waals surface area (Å²) >= 11 is 4.24. The molecular formula is C13H16N2O2S. The molecule has 1 fully saturated rings. The van der Waals surface area contributed by atoms with E-state index in [9.17, 15) is 9.59 Å². The molecule has 4 nitrogen and oxygen atoms in total. The Morgan fingerprint density at radius 3 is 2.83 bits per heavy atom. The van der Waals surface area contributed by atoms with Crippen LogP contribution < -0.4 is 5.73 Å². The third kappa shape index (κ3) is 2.36. The second-order valence-electron chi connectivity index (χ2n) is 4.56. The van der Waals surface area contributed by atoms with Crippen molar-refractivity contribution in [3.63, 3.8) is 0 Å². The van der Waals surface area contributed by atoms with E-state index in [0.717, 1.165) is 16.9 Å². The van der Waals surface area contributed by atoms with Crippen molar-refractivity contribution in [3.8, 4) is 0 Å². The molecule has 0 aliphatic carbocycles. The Hall–Kier alpha value is -1.49. The van der Waals surface area contributed by atoms with Gasteiger partial charge in [0.2, 0.25) is 5.91 Å². The molecule has 1 atom stereocenters. The Kier molecular flexibility index (Phi) is 3.61. The number of nitrogens with two attached hydrogens (primary N) is 1. The standard InChI is InChI=1S/C13H16N2O2S/c1-8-4-5-9(18)7-10(8)13(17)15-6-2-3-11(15)12(14)16/h4-5,7,11,18H,2-3,6H2,1H3,(H2,14,16). The van der Waals surface area contributed by atoms with Gasteiger partial charge >= 0.3 is 0 Å². The Labute approximate surface area is 112 Å². The fourth-order valence-corrected chi connectivity index (χ4v) is 2.50. The lowest BCUT2D eigenvalue weighted by atomic mass is 10.1. The van der Waals surface area contributed by atoms with Crippen LogP contribution in [0.2, 0.25) is 0 Å². The van der Waals surface area contributed by atoms with E-state index in [0.29, 0.717) is 18.5 Å². The van der Waals surface area contributed by atoms with Crippen LogP contribution >= 0.6 is 12.6 Å². The van der Waals surface area contributed by atoms with Crippen LogP contribution in [0, 0.1) is 6.92 Å². The molecule has 0 bridgehead atoms. The first-order valence-electron chi connectivity index (χ1n) is 5.90. The maximum Gasteiger partial charge on any atom is 0.254 e. The monoisotopic (exact) mass is 264 g/mol. The van der Waals surface area contributed by atoms with Gasteiger partial charge in [0, 0.05) is 17.0 Å². The molecule has 1 unspecified atom stereocenters. The molecule has 0 aromatic heterocycles. The molecule has 0 saturated carbocycles. The second-order valence-corrected chi connectivity index (χ2v) is 5.07. The molecule has 0 spiro atoms. The third-order valence-electron chi connectivity index (χ3n) is 3.29. The van der Waals surface area contributed by atoms with Crippen LogP contribution in [-0.2, 0) is 4.79 Å². The van der Waals surface area contributed by atoms with Gasteiger partial charge in [-0.1, -0.05) is 6.07 Å². The molecule has 2 rings (SSSR count). The second kappa shape index (κ2) is 5.02. The molecule has 1 aromatic carbocycles. The summed E-state index contributed by atoms with van der Waals surface area (Å²) in [7, 11) is 0. The number of rotatable bonds is 2. The van der Waals surface area contributed by atoms with Gasteiger partial charge in [-0.25, -0.2) is 0 Å². The smallest absolute Gasteiger partial charge is 0.254 e. The number of hydrogen-bond donors (Lipinski definition) is 2. The van der Waals surface area contributed by atoms with Gasteiger partial charge in [-0.05, 0) is 37.5 Å². The van der Waals surface area contributed by atoms with Gasteiger partial charge in [0.1, 0.15) is 6.04 Å². The van der Waals surface area contributed by atoms with E-state index in [-0.39, 0.29) is 5.91 Å². The fraction of sp³-hybridized carbons (Fsp3) is 0.385. The van der Waals surface area contributed by atoms with E-state index in [1.54, 1.807) is 11.0 Å². The van der Waals surface area contributed by atoms with E-state index in [1.165, 1.54) is 0 Å². The number of likely N-dealkylation sites (tertiary alicyclic amines) is 1. The summed E-state index contributed by atoms with van der Waals surface area (Å²) in [6.45, 7) is 2.46. The van der Waals surface area contributed by atoms with Crippen molar-refractivity contribution >= 4 is 24.4 Å². The number of carbonyl (C=O) groups excluding carboxylic acids is 2. The molecule has 96 valence electrons. The quantitative estimate of drug-likeness (QED) is 0.793. The van der Waals surface area contributed by atoms with Gasteiger partial charge in [-0.3, -0.25) is 9.59 Å². The third-order valence-corrected chi connectivity index (χ3v) is 3.57. The van der Waals surface area contributed by atoms with E-state index < -0.39 is 11.9 Å². The molecule has 5 heteroatoms. The van der Waals surface area contributed by atoms with E-state index in [2.05, 4.69) is 12.6 Å². The summed E-state index contributed by atoms with van der Waals surface area (Å²) in [4.78, 5) is 26.0. The minimum absolute atomic E-state index is 0.135. The molecule has 1 aromatic rings. The van der Waals surface area contributed by atoms with E-state index in [1.807, 2.05) is 19.1 Å². The number of primary amides is 1. The highest BCUT2D eigenvalue weighted by atomic mass is 32.1. The summed E-state index contributed by atoms with van der Waals surface area (Å²) < 4.78 is 0. The molecule has 1 heterocycles. The Morgan fingerprint density at radius 1 is 1.44 bits per heavy atom. The van der Waals surface area contributed by atoms with Gasteiger partial charge in [0.05, 0.1) is 0 Å². The molecule has 2 amide bonds. The zero-order valence-electron chi connectivity index (χ0n) is 10.2. The minimum atomic E-state index is -0.472. The molecule has 0 radical (unpaired) electrons. The zero-order valence-corrected chi connectivity index (χ0v) is 11.1. The van der Waals surface area contributed by atoms with E-state index >= 15 is 0 Å². The molecule has 1 aliphatic rings. The maximum absolute atomic E-state index is 12.4. The lowest BCUT2D eigenvalue weighted by molar-refractivity contribution is -0.121. The van der Waals surface area contributed by atoms with Crippen molar-refractivity contribution < 1.29 is 9.59 Å². The first-order chi connectivity index (χ1) is 8.50. The number of amides is 2. The first kappa shape index (κ1) is 13.0. The normalized spacial score (nSPS) is 19.0. The number of aryl methyl sites for hydroxylation is 1. The zero-order chi connectivity index (χ0) is 13.3. The average molecular weight is 264 g/mol. The van der Waals surface area contributed by atoms with Crippen LogP contribution in [0.3, 0.4) is 0 Å².